The molecule has 0 saturated carbocycles. The Labute approximate surface area is 386 Å². The average Bonchev–Trinajstić information content (AvgIpc) is 3.24. The molecule has 23 nitrogen and oxygen atoms in total. The van der Waals surface area contributed by atoms with E-state index in [0.717, 1.165) is 0 Å². The molecule has 0 radical (unpaired) electrons. The Hall–Kier alpha value is -7.01. The fourth-order valence-corrected chi connectivity index (χ4v) is 6.76. The maximum atomic E-state index is 12.6. The molecule has 0 aliphatic rings. The zero-order valence-corrected chi connectivity index (χ0v) is 37.1. The van der Waals surface area contributed by atoms with Gasteiger partial charge in [-0.1, -0.05) is 30.7 Å². The van der Waals surface area contributed by atoms with Crippen molar-refractivity contribution in [2.24, 2.45) is 0 Å². The van der Waals surface area contributed by atoms with Crippen molar-refractivity contribution in [1.82, 2.24) is 31.1 Å². The number of phenols is 2. The van der Waals surface area contributed by atoms with Crippen LogP contribution in [-0.2, 0) is 64.3 Å². The monoisotopic (exact) mass is 946 g/mol. The van der Waals surface area contributed by atoms with Gasteiger partial charge in [0.25, 0.3) is 0 Å². The van der Waals surface area contributed by atoms with Crippen LogP contribution in [0.1, 0.15) is 92.9 Å². The molecule has 0 bridgehead atoms. The SMILES string of the molecule is O=C(O)CCc1ccc(O)c(CN(CCN(CC(=O)O)Cc2cc(CCC(=O)NCCCCCC(=O)NCCCC[C@@H](NC(=O)N[C@@H](CCC(=O)O)C(=O)O)C(=O)O)ccc2O)CC(=O)O)c1. The molecule has 0 fully saturated rings. The Kier molecular flexibility index (Phi) is 25.3. The number of carboxylic acids is 6. The maximum Gasteiger partial charge on any atom is 0.326 e. The van der Waals surface area contributed by atoms with Gasteiger partial charge in [-0.05, 0) is 74.6 Å². The number of aryl methyl sites for hydroxylation is 2. The molecule has 2 aromatic rings. The van der Waals surface area contributed by atoms with Crippen LogP contribution in [0, 0.1) is 0 Å². The van der Waals surface area contributed by atoms with Crippen molar-refractivity contribution in [3.8, 4) is 11.5 Å². The van der Waals surface area contributed by atoms with Gasteiger partial charge in [0.15, 0.2) is 0 Å². The van der Waals surface area contributed by atoms with E-state index in [2.05, 4.69) is 21.3 Å². The average molecular weight is 947 g/mol. The van der Waals surface area contributed by atoms with Gasteiger partial charge in [0.05, 0.1) is 13.1 Å². The third-order valence-electron chi connectivity index (χ3n) is 10.3. The topological polar surface area (TPSA) is 370 Å². The van der Waals surface area contributed by atoms with Gasteiger partial charge >= 0.3 is 41.8 Å². The number of nitrogens with one attached hydrogen (secondary N) is 4. The maximum absolute atomic E-state index is 12.6. The largest absolute Gasteiger partial charge is 0.508 e. The van der Waals surface area contributed by atoms with E-state index in [1.165, 1.54) is 21.9 Å². The van der Waals surface area contributed by atoms with Crippen molar-refractivity contribution in [2.75, 3.05) is 39.3 Å². The molecule has 370 valence electrons. The van der Waals surface area contributed by atoms with Gasteiger partial charge in [0.2, 0.25) is 11.8 Å². The van der Waals surface area contributed by atoms with E-state index in [0.29, 0.717) is 67.3 Å². The van der Waals surface area contributed by atoms with Gasteiger partial charge in [-0.2, -0.15) is 0 Å². The zero-order chi connectivity index (χ0) is 49.9. The number of nitrogens with zero attached hydrogens (tertiary/aromatic N) is 2. The number of aromatic hydroxyl groups is 2. The van der Waals surface area contributed by atoms with Crippen LogP contribution in [0.2, 0.25) is 0 Å². The minimum Gasteiger partial charge on any atom is -0.508 e. The highest BCUT2D eigenvalue weighted by Gasteiger charge is 2.25. The second-order valence-corrected chi connectivity index (χ2v) is 15.9. The lowest BCUT2D eigenvalue weighted by molar-refractivity contribution is -0.141. The molecule has 67 heavy (non-hydrogen) atoms. The van der Waals surface area contributed by atoms with Crippen molar-refractivity contribution in [3.05, 3.63) is 58.7 Å². The number of hydrogen-bond donors (Lipinski definition) is 12. The first-order chi connectivity index (χ1) is 31.7. The molecule has 0 unspecified atom stereocenters. The van der Waals surface area contributed by atoms with Crippen molar-refractivity contribution >= 4 is 53.7 Å². The lowest BCUT2D eigenvalue weighted by Gasteiger charge is -2.26. The number of rotatable bonds is 35. The van der Waals surface area contributed by atoms with Crippen LogP contribution < -0.4 is 21.3 Å². The molecule has 0 aliphatic heterocycles. The Morgan fingerprint density at radius 2 is 0.940 bits per heavy atom. The van der Waals surface area contributed by atoms with Gasteiger partial charge in [-0.25, -0.2) is 14.4 Å². The number of carbonyl (C=O) groups excluding carboxylic acids is 3. The number of hydrogen-bond acceptors (Lipinski definition) is 13. The second-order valence-electron chi connectivity index (χ2n) is 15.9. The summed E-state index contributed by atoms with van der Waals surface area (Å²) in [5, 5.41) is 86.4. The van der Waals surface area contributed by atoms with Crippen molar-refractivity contribution in [3.63, 3.8) is 0 Å². The fraction of sp³-hybridized carbons (Fsp3) is 0.523. The highest BCUT2D eigenvalue weighted by Crippen LogP contribution is 2.23. The summed E-state index contributed by atoms with van der Waals surface area (Å²) in [6, 6.07) is 5.41. The van der Waals surface area contributed by atoms with Crippen LogP contribution >= 0.6 is 0 Å². The van der Waals surface area contributed by atoms with Crippen LogP contribution in [0.25, 0.3) is 0 Å². The van der Waals surface area contributed by atoms with E-state index in [1.54, 1.807) is 24.3 Å². The number of benzene rings is 2. The summed E-state index contributed by atoms with van der Waals surface area (Å²) in [5.41, 5.74) is 2.12. The summed E-state index contributed by atoms with van der Waals surface area (Å²) >= 11 is 0. The molecule has 23 heteroatoms. The number of phenolic OH excluding ortho intramolecular Hbond substituents is 2. The van der Waals surface area contributed by atoms with Gasteiger partial charge in [0.1, 0.15) is 23.6 Å². The summed E-state index contributed by atoms with van der Waals surface area (Å²) in [6.45, 7) is -0.139. The van der Waals surface area contributed by atoms with Crippen LogP contribution in [0.15, 0.2) is 36.4 Å². The number of urea groups is 1. The lowest BCUT2D eigenvalue weighted by atomic mass is 10.0. The van der Waals surface area contributed by atoms with Crippen LogP contribution in [-0.4, -0.2) is 156 Å². The van der Waals surface area contributed by atoms with Crippen LogP contribution in [0.5, 0.6) is 11.5 Å². The number of amides is 4. The molecule has 2 atom stereocenters. The minimum absolute atomic E-state index is 0.00728. The van der Waals surface area contributed by atoms with Crippen molar-refractivity contribution in [1.29, 1.82) is 0 Å². The van der Waals surface area contributed by atoms with E-state index in [4.69, 9.17) is 15.3 Å². The Morgan fingerprint density at radius 1 is 0.493 bits per heavy atom. The van der Waals surface area contributed by atoms with Crippen LogP contribution in [0.4, 0.5) is 4.79 Å². The highest BCUT2D eigenvalue weighted by molar-refractivity contribution is 5.86. The van der Waals surface area contributed by atoms with Crippen molar-refractivity contribution < 1.29 is 84.0 Å². The molecular weight excluding hydrogens is 885 g/mol. The van der Waals surface area contributed by atoms with E-state index in [-0.39, 0.29) is 94.6 Å². The molecule has 0 spiro atoms. The first kappa shape index (κ1) is 56.1. The minimum atomic E-state index is -1.52. The summed E-state index contributed by atoms with van der Waals surface area (Å²) in [7, 11) is 0. The van der Waals surface area contributed by atoms with Crippen molar-refractivity contribution in [2.45, 2.75) is 109 Å². The predicted octanol–water partition coefficient (Wildman–Crippen LogP) is 1.55. The number of unbranched alkanes of at least 4 members (excludes halogenated alkanes) is 3. The molecule has 2 rings (SSSR count). The highest BCUT2D eigenvalue weighted by atomic mass is 16.4. The molecule has 12 N–H and O–H groups in total. The van der Waals surface area contributed by atoms with Gasteiger partial charge in [-0.3, -0.25) is 38.6 Å². The van der Waals surface area contributed by atoms with E-state index >= 15 is 0 Å². The quantitative estimate of drug-likeness (QED) is 0.0436. The number of carboxylic acid groups (broad SMARTS) is 6. The zero-order valence-electron chi connectivity index (χ0n) is 37.1. The van der Waals surface area contributed by atoms with E-state index in [9.17, 15) is 68.7 Å². The number of aliphatic carboxylic acids is 6. The molecule has 4 amide bonds. The molecular formula is C44H62N6O17. The Bertz CT molecular complexity index is 2010. The predicted molar refractivity (Wildman–Crippen MR) is 236 cm³/mol. The van der Waals surface area contributed by atoms with Gasteiger partial charge in [0, 0.05) is 76.1 Å². The first-order valence-corrected chi connectivity index (χ1v) is 21.7. The summed E-state index contributed by atoms with van der Waals surface area (Å²) < 4.78 is 0. The third kappa shape index (κ3) is 24.7. The lowest BCUT2D eigenvalue weighted by Crippen LogP contribution is -2.51. The summed E-state index contributed by atoms with van der Waals surface area (Å²) in [5.74, 6) is -8.02. The smallest absolute Gasteiger partial charge is 0.326 e. The van der Waals surface area contributed by atoms with Gasteiger partial charge < -0.3 is 62.1 Å². The summed E-state index contributed by atoms with van der Waals surface area (Å²) in [4.78, 5) is 108. The molecule has 0 aromatic heterocycles. The molecule has 2 aromatic carbocycles. The van der Waals surface area contributed by atoms with Crippen LogP contribution in [0.3, 0.4) is 0 Å². The Morgan fingerprint density at radius 3 is 1.40 bits per heavy atom. The Balaban J connectivity index is 1.75. The standard InChI is InChI=1S/C44H62N6O17/c51-34-13-8-28(22-30(34)24-49(26-40(59)60)20-21-50(27-41(61)62)25-31-23-29(9-14-35(31)52)11-16-38(55)56)10-15-37(54)46-18-4-1-2-7-36(53)45-19-5-3-6-32(42(63)64)47-44(67)48-33(43(65)66)12-17-39(57)58/h8-9,13-14,22-23,32-33,51-52H,1-7,10-12,15-21,24-27H2,(H,45,53)(H,46,54)(H,55,56)(H,57,58)(H,59,60)(H,61,62)(H,63,64)(H,65,66)(H2,47,48,67)/t32-,33+/m1/s1. The number of carbonyl (C=O) groups is 9. The first-order valence-electron chi connectivity index (χ1n) is 21.7. The van der Waals surface area contributed by atoms with Gasteiger partial charge in [-0.15, -0.1) is 0 Å². The molecule has 0 aliphatic carbocycles. The second kappa shape index (κ2) is 30.2. The molecule has 0 heterocycles. The third-order valence-corrected chi connectivity index (χ3v) is 10.3. The summed E-state index contributed by atoms with van der Waals surface area (Å²) in [6.07, 6.45) is 2.33. The fourth-order valence-electron chi connectivity index (χ4n) is 6.76. The van der Waals surface area contributed by atoms with E-state index < -0.39 is 73.4 Å². The molecule has 0 saturated heterocycles. The van der Waals surface area contributed by atoms with E-state index in [1.807, 2.05) is 0 Å². The normalized spacial score (nSPS) is 11.9.